The molecule has 0 saturated carbocycles. The Morgan fingerprint density at radius 1 is 0.675 bits per heavy atom. The van der Waals surface area contributed by atoms with E-state index >= 15 is 0 Å². The maximum atomic E-state index is 13.3. The van der Waals surface area contributed by atoms with Gasteiger partial charge >= 0.3 is 24.8 Å². The van der Waals surface area contributed by atoms with Crippen molar-refractivity contribution >= 4 is 56.1 Å². The van der Waals surface area contributed by atoms with Crippen LogP contribution < -0.4 is 0 Å². The van der Waals surface area contributed by atoms with Crippen LogP contribution in [-0.4, -0.2) is 24.5 Å². The Morgan fingerprint density at radius 3 is 1.40 bits per heavy atom. The molecule has 0 aliphatic carbocycles. The van der Waals surface area contributed by atoms with Crippen molar-refractivity contribution in [2.75, 3.05) is 0 Å². The van der Waals surface area contributed by atoms with Crippen LogP contribution in [0, 0.1) is 30.2 Å². The Morgan fingerprint density at radius 2 is 1.02 bits per heavy atom. The van der Waals surface area contributed by atoms with Gasteiger partial charge in [0.15, 0.2) is 0 Å². The summed E-state index contributed by atoms with van der Waals surface area (Å²) < 4.78 is 104. The molecule has 40 heavy (non-hydrogen) atoms. The van der Waals surface area contributed by atoms with Crippen molar-refractivity contribution in [2.45, 2.75) is 31.8 Å². The number of benzene rings is 4. The second-order valence-corrected chi connectivity index (χ2v) is 12.5. The number of thiol groups is 1. The summed E-state index contributed by atoms with van der Waals surface area (Å²) in [5, 5.41) is 0.214. The fraction of sp³-hybridized carbons (Fsp3) is 0.0769. The normalized spacial score (nSPS) is 10.9. The van der Waals surface area contributed by atoms with Gasteiger partial charge in [-0.05, 0) is 103 Å². The minimum atomic E-state index is -3.76. The van der Waals surface area contributed by atoms with E-state index in [1.54, 1.807) is 0 Å². The zero-order valence-corrected chi connectivity index (χ0v) is 24.7. The molecule has 0 fully saturated rings. The van der Waals surface area contributed by atoms with Gasteiger partial charge in [-0.2, -0.15) is 0 Å². The molecule has 0 atom stereocenters. The van der Waals surface area contributed by atoms with Crippen LogP contribution >= 0.6 is 28.7 Å². The monoisotopic (exact) mass is 672 g/mol. The summed E-state index contributed by atoms with van der Waals surface area (Å²) in [6, 6.07) is 16.1. The molecule has 0 N–H and O–H groups in total. The summed E-state index contributed by atoms with van der Waals surface area (Å²) in [7, 11) is -3.15. The summed E-state index contributed by atoms with van der Waals surface area (Å²) in [5.41, 5.74) is 0.501. The molecule has 0 spiro atoms. The molecule has 4 rings (SSSR count). The number of alkyl halides is 1. The van der Waals surface area contributed by atoms with Crippen molar-refractivity contribution in [1.82, 2.24) is 0 Å². The van der Waals surface area contributed by atoms with Gasteiger partial charge < -0.3 is 0 Å². The van der Waals surface area contributed by atoms with Gasteiger partial charge in [0.1, 0.15) is 23.3 Å². The SMILES string of the molecule is Cc1cc(S(=O)(=O)c2ccc(F)cc2)ccc1F.O=S(=O)(c1ccc(F)cc1)c1ccc(F)c(CBr)c1.[B]=NS. The van der Waals surface area contributed by atoms with Crippen molar-refractivity contribution < 1.29 is 34.4 Å². The van der Waals surface area contributed by atoms with Gasteiger partial charge in [0.25, 0.3) is 0 Å². The first kappa shape index (κ1) is 33.4. The van der Waals surface area contributed by atoms with Crippen LogP contribution in [0.2, 0.25) is 0 Å². The fourth-order valence-electron chi connectivity index (χ4n) is 3.10. The van der Waals surface area contributed by atoms with Gasteiger partial charge in [-0.3, -0.25) is 0 Å². The fourth-order valence-corrected chi connectivity index (χ4v) is 6.19. The molecular formula is C26H20BBrF4NO4S3. The topological polar surface area (TPSA) is 80.6 Å². The number of halogens is 5. The number of hydrogen-bond acceptors (Lipinski definition) is 6. The van der Waals surface area contributed by atoms with E-state index in [9.17, 15) is 34.4 Å². The first-order valence-electron chi connectivity index (χ1n) is 10.9. The maximum absolute atomic E-state index is 13.3. The Labute approximate surface area is 244 Å². The molecule has 4 aromatic carbocycles. The van der Waals surface area contributed by atoms with Crippen molar-refractivity contribution in [1.29, 1.82) is 0 Å². The van der Waals surface area contributed by atoms with Crippen LogP contribution in [0.4, 0.5) is 17.6 Å². The van der Waals surface area contributed by atoms with Crippen molar-refractivity contribution in [3.63, 3.8) is 0 Å². The van der Waals surface area contributed by atoms with Gasteiger partial charge in [0.05, 0.1) is 19.6 Å². The second-order valence-electron chi connectivity index (χ2n) is 7.83. The molecule has 0 bridgehead atoms. The van der Waals surface area contributed by atoms with Crippen molar-refractivity contribution in [3.05, 3.63) is 119 Å². The van der Waals surface area contributed by atoms with Crippen LogP contribution in [0.1, 0.15) is 11.1 Å². The minimum absolute atomic E-state index is 0.00647. The molecule has 0 aliphatic rings. The molecule has 209 valence electrons. The standard InChI is InChI=1S/C13H9BrF2O2S.C13H10F2O2S.BHNS/c14-8-9-7-12(5-6-13(9)16)19(17,18)11-3-1-10(15)2-4-11;1-9-8-12(6-7-13(9)15)18(16,17)11-4-2-10(14)3-5-11;1-2-3/h1-7H,8H2;2-8H,1H3;3H. The van der Waals surface area contributed by atoms with E-state index in [4.69, 9.17) is 0 Å². The van der Waals surface area contributed by atoms with E-state index in [0.717, 1.165) is 36.4 Å². The molecule has 0 amide bonds. The number of sulfone groups is 2. The van der Waals surface area contributed by atoms with Crippen LogP contribution in [0.25, 0.3) is 0 Å². The molecule has 0 unspecified atom stereocenters. The predicted molar refractivity (Wildman–Crippen MR) is 151 cm³/mol. The quantitative estimate of drug-likeness (QED) is 0.0816. The molecule has 0 aliphatic heterocycles. The van der Waals surface area contributed by atoms with E-state index in [2.05, 4.69) is 40.7 Å². The Hall–Kier alpha value is -2.81. The van der Waals surface area contributed by atoms with Crippen LogP contribution in [0.15, 0.2) is 109 Å². The number of aryl methyl sites for hydroxylation is 1. The van der Waals surface area contributed by atoms with E-state index in [1.165, 1.54) is 55.5 Å². The summed E-state index contributed by atoms with van der Waals surface area (Å²) in [6.45, 7) is 1.49. The van der Waals surface area contributed by atoms with E-state index in [-0.39, 0.29) is 36.0 Å². The van der Waals surface area contributed by atoms with Gasteiger partial charge in [-0.1, -0.05) is 15.9 Å². The Bertz CT molecular complexity index is 1690. The average Bonchev–Trinajstić information content (AvgIpc) is 2.91. The third-order valence-electron chi connectivity index (χ3n) is 5.16. The summed E-state index contributed by atoms with van der Waals surface area (Å²) >= 11 is 6.28. The Balaban J connectivity index is 0.000000256. The third kappa shape index (κ3) is 8.60. The van der Waals surface area contributed by atoms with E-state index in [1.807, 2.05) is 0 Å². The first-order valence-corrected chi connectivity index (χ1v) is 15.4. The summed E-state index contributed by atoms with van der Waals surface area (Å²) in [4.78, 5) is -0.0705. The van der Waals surface area contributed by atoms with Gasteiger partial charge in [-0.25, -0.2) is 34.4 Å². The molecular weight excluding hydrogens is 653 g/mol. The first-order chi connectivity index (χ1) is 18.8. The summed E-state index contributed by atoms with van der Waals surface area (Å²) in [6.07, 6.45) is 0. The van der Waals surface area contributed by atoms with Gasteiger partial charge in [-0.15, -0.1) is 0 Å². The van der Waals surface area contributed by atoms with Crippen molar-refractivity contribution in [2.24, 2.45) is 4.30 Å². The molecule has 1 radical (unpaired) electrons. The number of hydrogen-bond donors (Lipinski definition) is 1. The van der Waals surface area contributed by atoms with E-state index < -0.39 is 42.9 Å². The number of rotatable bonds is 5. The summed E-state index contributed by atoms with van der Waals surface area (Å²) in [5.74, 6) is -1.97. The van der Waals surface area contributed by atoms with Gasteiger partial charge in [0, 0.05) is 5.33 Å². The Kier molecular flexibility index (Phi) is 12.3. The van der Waals surface area contributed by atoms with Crippen LogP contribution in [-0.2, 0) is 25.0 Å². The van der Waals surface area contributed by atoms with Gasteiger partial charge in [0.2, 0.25) is 19.7 Å². The zero-order chi connectivity index (χ0) is 30.1. The molecule has 5 nitrogen and oxygen atoms in total. The molecule has 0 aromatic heterocycles. The van der Waals surface area contributed by atoms with Crippen molar-refractivity contribution in [3.8, 4) is 0 Å². The zero-order valence-electron chi connectivity index (χ0n) is 20.6. The van der Waals surface area contributed by atoms with Crippen LogP contribution in [0.5, 0.6) is 0 Å². The molecule has 0 heterocycles. The third-order valence-corrected chi connectivity index (χ3v) is 9.30. The predicted octanol–water partition coefficient (Wildman–Crippen LogP) is 6.98. The molecule has 14 heteroatoms. The van der Waals surface area contributed by atoms with Crippen LogP contribution in [0.3, 0.4) is 0 Å². The number of nitrogens with zero attached hydrogens (tertiary/aromatic N) is 1. The molecule has 4 aromatic rings. The van der Waals surface area contributed by atoms with E-state index in [0.29, 0.717) is 0 Å². The second kappa shape index (κ2) is 14.7. The molecule has 0 saturated heterocycles. The average molecular weight is 673 g/mol.